The molecule has 0 bridgehead atoms. The first-order valence-electron chi connectivity index (χ1n) is 17.0. The Kier molecular flexibility index (Phi) is 31.6. The standard InChI is InChI=1S/C33H67B3/c1-32(35-2)28-24-20-16-12-8-5-4-6-9-13-17-21-25-29-33(36-3)30-26-22-18-14-10-7-11-15-19-23-27-31-34/h32-33H,4-31H2,1-3H3. The molecule has 0 N–H and O–H groups in total. The van der Waals surface area contributed by atoms with E-state index in [4.69, 9.17) is 7.85 Å². The topological polar surface area (TPSA) is 0 Å². The smallest absolute Gasteiger partial charge is 0.0917 e. The third kappa shape index (κ3) is 28.8. The summed E-state index contributed by atoms with van der Waals surface area (Å²) >= 11 is 0. The zero-order chi connectivity index (χ0) is 26.4. The Labute approximate surface area is 234 Å². The van der Waals surface area contributed by atoms with Crippen molar-refractivity contribution in [1.29, 1.82) is 0 Å². The minimum absolute atomic E-state index is 0.818. The second kappa shape index (κ2) is 31.4. The molecule has 0 nitrogen and oxygen atoms in total. The molecule has 0 aliphatic rings. The van der Waals surface area contributed by atoms with Crippen molar-refractivity contribution in [2.24, 2.45) is 0 Å². The molecule has 0 spiro atoms. The first-order chi connectivity index (χ1) is 17.7. The SMILES string of the molecule is [B]CCCCCCCCCCCCCC([B]C)CCCCCCCCCCCCCCCC(C)[B]C. The van der Waals surface area contributed by atoms with Crippen LogP contribution in [0, 0.1) is 0 Å². The Balaban J connectivity index is 3.27. The van der Waals surface area contributed by atoms with Gasteiger partial charge in [-0.3, -0.25) is 0 Å². The van der Waals surface area contributed by atoms with E-state index in [1.807, 2.05) is 0 Å². The van der Waals surface area contributed by atoms with Crippen molar-refractivity contribution in [2.45, 2.75) is 212 Å². The normalized spacial score (nSPS) is 13.1. The molecule has 0 aliphatic carbocycles. The van der Waals surface area contributed by atoms with Crippen molar-refractivity contribution in [2.75, 3.05) is 0 Å². The van der Waals surface area contributed by atoms with Gasteiger partial charge in [-0.15, -0.1) is 0 Å². The second-order valence-electron chi connectivity index (χ2n) is 12.0. The number of unbranched alkanes of at least 4 members (excludes halogenated alkanes) is 22. The van der Waals surface area contributed by atoms with Crippen LogP contribution in [0.25, 0.3) is 0 Å². The molecule has 0 saturated carbocycles. The van der Waals surface area contributed by atoms with Crippen LogP contribution in [0.3, 0.4) is 0 Å². The summed E-state index contributed by atoms with van der Waals surface area (Å²) in [5.41, 5.74) is 0. The van der Waals surface area contributed by atoms with Crippen LogP contribution in [-0.2, 0) is 0 Å². The van der Waals surface area contributed by atoms with Crippen molar-refractivity contribution < 1.29 is 0 Å². The number of hydrogen-bond acceptors (Lipinski definition) is 0. The fourth-order valence-corrected chi connectivity index (χ4v) is 5.60. The highest BCUT2D eigenvalue weighted by Gasteiger charge is 2.07. The van der Waals surface area contributed by atoms with Crippen LogP contribution >= 0.6 is 0 Å². The van der Waals surface area contributed by atoms with Crippen LogP contribution in [0.4, 0.5) is 0 Å². The van der Waals surface area contributed by atoms with Crippen molar-refractivity contribution >= 4 is 22.4 Å². The average Bonchev–Trinajstić information content (AvgIpc) is 2.89. The fourth-order valence-electron chi connectivity index (χ4n) is 5.60. The summed E-state index contributed by atoms with van der Waals surface area (Å²) < 4.78 is 0. The van der Waals surface area contributed by atoms with E-state index >= 15 is 0 Å². The monoisotopic (exact) mass is 497 g/mol. The maximum atomic E-state index is 5.55. The molecule has 0 aromatic rings. The Bertz CT molecular complexity index is 387. The minimum Gasteiger partial charge on any atom is -0.0917 e. The highest BCUT2D eigenvalue weighted by Crippen LogP contribution is 2.23. The van der Waals surface area contributed by atoms with Crippen molar-refractivity contribution in [1.82, 2.24) is 0 Å². The predicted octanol–water partition coefficient (Wildman–Crippen LogP) is 12.2. The van der Waals surface area contributed by atoms with Gasteiger partial charge in [-0.2, -0.15) is 0 Å². The van der Waals surface area contributed by atoms with Gasteiger partial charge in [0.05, 0.1) is 7.85 Å². The molecule has 2 atom stereocenters. The summed E-state index contributed by atoms with van der Waals surface area (Å²) in [7, 11) is 10.4. The molecule has 0 aliphatic heterocycles. The lowest BCUT2D eigenvalue weighted by Crippen LogP contribution is -2.00. The molecule has 4 radical (unpaired) electrons. The van der Waals surface area contributed by atoms with Gasteiger partial charge < -0.3 is 0 Å². The Morgan fingerprint density at radius 1 is 0.389 bits per heavy atom. The molecule has 2 unspecified atom stereocenters. The Morgan fingerprint density at radius 2 is 0.667 bits per heavy atom. The molecular formula is C33H67B3. The van der Waals surface area contributed by atoms with Crippen LogP contribution in [0.1, 0.15) is 180 Å². The maximum absolute atomic E-state index is 5.55. The highest BCUT2D eigenvalue weighted by atomic mass is 14.1. The largest absolute Gasteiger partial charge is 0.110 e. The van der Waals surface area contributed by atoms with Crippen LogP contribution in [0.5, 0.6) is 0 Å². The van der Waals surface area contributed by atoms with Gasteiger partial charge in [0.2, 0.25) is 0 Å². The summed E-state index contributed by atoms with van der Waals surface area (Å²) in [4.78, 5) is 0. The molecule has 36 heavy (non-hydrogen) atoms. The predicted molar refractivity (Wildman–Crippen MR) is 172 cm³/mol. The van der Waals surface area contributed by atoms with E-state index in [2.05, 4.69) is 35.1 Å². The van der Waals surface area contributed by atoms with E-state index in [9.17, 15) is 0 Å². The van der Waals surface area contributed by atoms with E-state index < -0.39 is 0 Å². The van der Waals surface area contributed by atoms with Crippen LogP contribution < -0.4 is 0 Å². The van der Waals surface area contributed by atoms with E-state index in [1.54, 1.807) is 0 Å². The summed E-state index contributed by atoms with van der Waals surface area (Å²) in [6, 6.07) is 0. The van der Waals surface area contributed by atoms with E-state index in [1.165, 1.54) is 173 Å². The summed E-state index contributed by atoms with van der Waals surface area (Å²) in [5.74, 6) is 1.70. The lowest BCUT2D eigenvalue weighted by Gasteiger charge is -2.14. The van der Waals surface area contributed by atoms with Crippen LogP contribution in [-0.4, -0.2) is 22.4 Å². The Hall–Kier alpha value is 0.195. The molecule has 208 valence electrons. The zero-order valence-electron chi connectivity index (χ0n) is 25.7. The van der Waals surface area contributed by atoms with Gasteiger partial charge in [0.15, 0.2) is 0 Å². The van der Waals surface area contributed by atoms with Crippen LogP contribution in [0.2, 0.25) is 31.6 Å². The molecule has 3 heteroatoms. The van der Waals surface area contributed by atoms with Gasteiger partial charge in [-0.05, 0) is 0 Å². The number of rotatable bonds is 31. The third-order valence-corrected chi connectivity index (χ3v) is 8.55. The molecule has 0 heterocycles. The first-order valence-corrected chi connectivity index (χ1v) is 17.0. The van der Waals surface area contributed by atoms with Gasteiger partial charge in [-0.25, -0.2) is 0 Å². The molecule has 0 aromatic carbocycles. The quantitative estimate of drug-likeness (QED) is 0.0662. The first kappa shape index (κ1) is 36.2. The van der Waals surface area contributed by atoms with Gasteiger partial charge in [-0.1, -0.05) is 212 Å². The number of hydrogen-bond donors (Lipinski definition) is 0. The third-order valence-electron chi connectivity index (χ3n) is 8.55. The molecule has 0 fully saturated rings. The van der Waals surface area contributed by atoms with Gasteiger partial charge >= 0.3 is 0 Å². The second-order valence-corrected chi connectivity index (χ2v) is 12.0. The lowest BCUT2D eigenvalue weighted by molar-refractivity contribution is 0.512. The lowest BCUT2D eigenvalue weighted by atomic mass is 9.63. The zero-order valence-corrected chi connectivity index (χ0v) is 25.7. The van der Waals surface area contributed by atoms with Crippen molar-refractivity contribution in [3.63, 3.8) is 0 Å². The molecule has 0 aromatic heterocycles. The Morgan fingerprint density at radius 3 is 0.944 bits per heavy atom. The van der Waals surface area contributed by atoms with E-state index in [-0.39, 0.29) is 0 Å². The summed E-state index contributed by atoms with van der Waals surface area (Å²) in [5, 5.41) is 0. The molecule has 0 saturated heterocycles. The van der Waals surface area contributed by atoms with Crippen molar-refractivity contribution in [3.05, 3.63) is 0 Å². The van der Waals surface area contributed by atoms with Crippen LogP contribution in [0.15, 0.2) is 0 Å². The molecular weight excluding hydrogens is 429 g/mol. The fraction of sp³-hybridized carbons (Fsp3) is 1.00. The summed E-state index contributed by atoms with van der Waals surface area (Å²) in [6.45, 7) is 6.84. The molecule has 0 amide bonds. The minimum atomic E-state index is 0.818. The molecule has 0 rings (SSSR count). The average molecular weight is 496 g/mol. The highest BCUT2D eigenvalue weighted by molar-refractivity contribution is 6.35. The van der Waals surface area contributed by atoms with Gasteiger partial charge in [0, 0.05) is 0 Å². The van der Waals surface area contributed by atoms with E-state index in [0.717, 1.165) is 18.0 Å². The van der Waals surface area contributed by atoms with E-state index in [0.29, 0.717) is 0 Å². The summed E-state index contributed by atoms with van der Waals surface area (Å²) in [6.07, 6.45) is 39.7. The van der Waals surface area contributed by atoms with Crippen molar-refractivity contribution in [3.8, 4) is 0 Å². The maximum Gasteiger partial charge on any atom is 0.110 e. The van der Waals surface area contributed by atoms with Gasteiger partial charge in [0.25, 0.3) is 0 Å². The van der Waals surface area contributed by atoms with Gasteiger partial charge in [0.1, 0.15) is 14.6 Å².